The van der Waals surface area contributed by atoms with Crippen LogP contribution >= 0.6 is 0 Å². The molecular formula is C32H42N4O5. The smallest absolute Gasteiger partial charge is 0.334 e. The molecule has 1 aromatic heterocycles. The van der Waals surface area contributed by atoms with Gasteiger partial charge in [0.2, 0.25) is 5.82 Å². The number of aryl methyl sites for hydroxylation is 1. The third kappa shape index (κ3) is 8.57. The Balaban J connectivity index is 1.75. The molecule has 3 aromatic rings. The topological polar surface area (TPSA) is 99.0 Å². The van der Waals surface area contributed by atoms with E-state index in [2.05, 4.69) is 12.2 Å². The van der Waals surface area contributed by atoms with Crippen molar-refractivity contribution in [1.82, 2.24) is 4.98 Å². The zero-order valence-electron chi connectivity index (χ0n) is 24.4. The number of methoxy groups -OCH3 is 2. The molecule has 0 spiro atoms. The second kappa shape index (κ2) is 15.2. The Labute approximate surface area is 243 Å². The maximum Gasteiger partial charge on any atom is 0.334 e. The van der Waals surface area contributed by atoms with Crippen LogP contribution in [0, 0.1) is 16.0 Å². The van der Waals surface area contributed by atoms with Crippen molar-refractivity contribution in [2.45, 2.75) is 58.5 Å². The number of anilines is 2. The number of nitrogens with one attached hydrogen (secondary N) is 1. The van der Waals surface area contributed by atoms with Gasteiger partial charge in [-0.3, -0.25) is 10.1 Å². The van der Waals surface area contributed by atoms with E-state index in [1.54, 1.807) is 14.2 Å². The summed E-state index contributed by atoms with van der Waals surface area (Å²) in [5, 5.41) is 16.1. The van der Waals surface area contributed by atoms with Gasteiger partial charge in [0.25, 0.3) is 0 Å². The Kier molecular flexibility index (Phi) is 11.2. The largest absolute Gasteiger partial charge is 0.497 e. The number of ether oxygens (including phenoxy) is 3. The van der Waals surface area contributed by atoms with Crippen LogP contribution in [0.2, 0.25) is 0 Å². The van der Waals surface area contributed by atoms with Gasteiger partial charge in [-0.2, -0.15) is 0 Å². The van der Waals surface area contributed by atoms with Gasteiger partial charge in [-0.25, -0.2) is 4.98 Å². The molecule has 1 aliphatic rings. The van der Waals surface area contributed by atoms with Gasteiger partial charge < -0.3 is 24.4 Å². The molecule has 0 unspecified atom stereocenters. The summed E-state index contributed by atoms with van der Waals surface area (Å²) in [6.07, 6.45) is 5.82. The highest BCUT2D eigenvalue weighted by atomic mass is 16.6. The molecule has 0 atom stereocenters. The lowest BCUT2D eigenvalue weighted by molar-refractivity contribution is -0.383. The van der Waals surface area contributed by atoms with E-state index in [4.69, 9.17) is 19.2 Å². The maximum atomic E-state index is 12.7. The lowest BCUT2D eigenvalue weighted by Gasteiger charge is -2.26. The van der Waals surface area contributed by atoms with Crippen molar-refractivity contribution in [2.75, 3.05) is 44.2 Å². The second-order valence-electron chi connectivity index (χ2n) is 10.5. The first-order valence-corrected chi connectivity index (χ1v) is 14.5. The van der Waals surface area contributed by atoms with Crippen molar-refractivity contribution in [2.24, 2.45) is 5.92 Å². The summed E-state index contributed by atoms with van der Waals surface area (Å²) in [4.78, 5) is 19.4. The number of hydrogen-bond acceptors (Lipinski definition) is 8. The third-order valence-corrected chi connectivity index (χ3v) is 7.53. The van der Waals surface area contributed by atoms with Gasteiger partial charge in [-0.15, -0.1) is 0 Å². The van der Waals surface area contributed by atoms with E-state index in [-0.39, 0.29) is 10.6 Å². The summed E-state index contributed by atoms with van der Waals surface area (Å²) in [5.41, 5.74) is 3.42. The van der Waals surface area contributed by atoms with Crippen LogP contribution in [-0.4, -0.2) is 43.9 Å². The lowest BCUT2D eigenvalue weighted by Crippen LogP contribution is -2.26. The van der Waals surface area contributed by atoms with E-state index < -0.39 is 0 Å². The fourth-order valence-electron chi connectivity index (χ4n) is 5.11. The van der Waals surface area contributed by atoms with Crippen molar-refractivity contribution in [3.63, 3.8) is 0 Å². The highest BCUT2D eigenvalue weighted by Gasteiger charge is 2.28. The van der Waals surface area contributed by atoms with Crippen LogP contribution in [0.3, 0.4) is 0 Å². The molecule has 0 amide bonds. The predicted octanol–water partition coefficient (Wildman–Crippen LogP) is 6.79. The van der Waals surface area contributed by atoms with Crippen LogP contribution < -0.4 is 19.7 Å². The first kappa shape index (κ1) is 30.1. The average Bonchev–Trinajstić information content (AvgIpc) is 3.00. The Morgan fingerprint density at radius 2 is 1.56 bits per heavy atom. The number of nitrogens with zero attached hydrogens (tertiary/aromatic N) is 3. The van der Waals surface area contributed by atoms with E-state index >= 15 is 0 Å². The van der Waals surface area contributed by atoms with Crippen molar-refractivity contribution < 1.29 is 19.1 Å². The Hall–Kier alpha value is -3.85. The number of nitro groups is 1. The van der Waals surface area contributed by atoms with E-state index in [1.807, 2.05) is 59.5 Å². The molecule has 0 bridgehead atoms. The van der Waals surface area contributed by atoms with E-state index in [0.29, 0.717) is 37.1 Å². The van der Waals surface area contributed by atoms with Crippen molar-refractivity contribution >= 4 is 17.2 Å². The first-order valence-electron chi connectivity index (χ1n) is 14.5. The molecule has 1 saturated heterocycles. The fraction of sp³-hybridized carbons (Fsp3) is 0.469. The number of benzene rings is 2. The molecule has 220 valence electrons. The molecule has 0 saturated carbocycles. The van der Waals surface area contributed by atoms with Crippen molar-refractivity contribution in [3.8, 4) is 11.5 Å². The van der Waals surface area contributed by atoms with Crippen LogP contribution in [0.25, 0.3) is 0 Å². The maximum absolute atomic E-state index is 12.7. The molecule has 1 fully saturated rings. The van der Waals surface area contributed by atoms with Gasteiger partial charge in [-0.1, -0.05) is 44.0 Å². The van der Waals surface area contributed by atoms with E-state index in [9.17, 15) is 10.1 Å². The summed E-state index contributed by atoms with van der Waals surface area (Å²) in [6, 6.07) is 17.5. The van der Waals surface area contributed by atoms with Gasteiger partial charge in [0.1, 0.15) is 17.2 Å². The third-order valence-electron chi connectivity index (χ3n) is 7.53. The predicted molar refractivity (Wildman–Crippen MR) is 162 cm³/mol. The standard InChI is InChI=1S/C32H42N4O5/c1-4-5-6-7-27-20-30(33-21-24-16-18-41-19-17-24)31(36(37)38)32(34-27)35(22-25-8-12-28(39-2)13-9-25)23-26-10-14-29(40-3)15-11-26/h8-15,20,24H,4-7,16-19,21-23H2,1-3H3,(H,33,34). The molecule has 41 heavy (non-hydrogen) atoms. The summed E-state index contributed by atoms with van der Waals surface area (Å²) >= 11 is 0. The first-order chi connectivity index (χ1) is 20.0. The average molecular weight is 563 g/mol. The van der Waals surface area contributed by atoms with Crippen LogP contribution in [-0.2, 0) is 24.2 Å². The van der Waals surface area contributed by atoms with Gasteiger partial charge >= 0.3 is 5.69 Å². The minimum absolute atomic E-state index is 0.0123. The van der Waals surface area contributed by atoms with Gasteiger partial charge in [0, 0.05) is 38.5 Å². The molecule has 9 heteroatoms. The summed E-state index contributed by atoms with van der Waals surface area (Å²) < 4.78 is 16.2. The molecule has 0 aliphatic carbocycles. The molecule has 4 rings (SSSR count). The summed E-state index contributed by atoms with van der Waals surface area (Å²) in [6.45, 7) is 5.19. The summed E-state index contributed by atoms with van der Waals surface area (Å²) in [7, 11) is 3.27. The highest BCUT2D eigenvalue weighted by Crippen LogP contribution is 2.37. The van der Waals surface area contributed by atoms with E-state index in [1.165, 1.54) is 0 Å². The van der Waals surface area contributed by atoms with Gasteiger partial charge in [0.05, 0.1) is 19.1 Å². The fourth-order valence-corrected chi connectivity index (χ4v) is 5.11. The van der Waals surface area contributed by atoms with E-state index in [0.717, 1.165) is 80.1 Å². The lowest BCUT2D eigenvalue weighted by atomic mass is 10.0. The Morgan fingerprint density at radius 3 is 2.07 bits per heavy atom. The normalized spacial score (nSPS) is 13.5. The second-order valence-corrected chi connectivity index (χ2v) is 10.5. The quantitative estimate of drug-likeness (QED) is 0.123. The number of aromatic nitrogens is 1. The zero-order valence-corrected chi connectivity index (χ0v) is 24.4. The molecule has 1 aliphatic heterocycles. The molecule has 2 aromatic carbocycles. The van der Waals surface area contributed by atoms with Crippen LogP contribution in [0.15, 0.2) is 54.6 Å². The van der Waals surface area contributed by atoms with Crippen LogP contribution in [0.4, 0.5) is 17.2 Å². The minimum Gasteiger partial charge on any atom is -0.497 e. The molecule has 9 nitrogen and oxygen atoms in total. The number of unbranched alkanes of at least 4 members (excludes halogenated alkanes) is 2. The van der Waals surface area contributed by atoms with Gasteiger partial charge in [0.15, 0.2) is 0 Å². The van der Waals surface area contributed by atoms with Crippen LogP contribution in [0.5, 0.6) is 11.5 Å². The SMILES string of the molecule is CCCCCc1cc(NCC2CCOCC2)c([N+](=O)[O-])c(N(Cc2ccc(OC)cc2)Cc2ccc(OC)cc2)n1. The zero-order chi connectivity index (χ0) is 29.0. The number of pyridine rings is 1. The van der Waals surface area contributed by atoms with Crippen LogP contribution in [0.1, 0.15) is 55.8 Å². The number of hydrogen-bond donors (Lipinski definition) is 1. The van der Waals surface area contributed by atoms with Crippen molar-refractivity contribution in [1.29, 1.82) is 0 Å². The molecular weight excluding hydrogens is 520 g/mol. The van der Waals surface area contributed by atoms with Gasteiger partial charge in [-0.05, 0) is 73.1 Å². The molecule has 0 radical (unpaired) electrons. The molecule has 2 heterocycles. The van der Waals surface area contributed by atoms with Crippen molar-refractivity contribution in [3.05, 3.63) is 81.5 Å². The Morgan fingerprint density at radius 1 is 0.976 bits per heavy atom. The Bertz CT molecular complexity index is 1190. The summed E-state index contributed by atoms with van der Waals surface area (Å²) in [5.74, 6) is 2.32. The molecule has 1 N–H and O–H groups in total. The number of rotatable bonds is 15. The monoisotopic (exact) mass is 562 g/mol. The minimum atomic E-state index is -0.292. The highest BCUT2D eigenvalue weighted by molar-refractivity contribution is 5.74.